The Kier molecular flexibility index (Phi) is 3.62. The molecule has 3 aromatic rings. The number of para-hydroxylation sites is 1. The number of aromatic hydroxyl groups is 1. The van der Waals surface area contributed by atoms with Crippen LogP contribution in [0.5, 0.6) is 5.75 Å². The summed E-state index contributed by atoms with van der Waals surface area (Å²) < 4.78 is 1.52. The summed E-state index contributed by atoms with van der Waals surface area (Å²) in [5.74, 6) is -0.266. The molecule has 5 heteroatoms. The predicted octanol–water partition coefficient (Wildman–Crippen LogP) is 3.69. The highest BCUT2D eigenvalue weighted by Crippen LogP contribution is 2.35. The third kappa shape index (κ3) is 2.57. The lowest BCUT2D eigenvalue weighted by atomic mass is 10.2. The standard InChI is InChI=1S/C18H16N2O3/c1-12(21)19-11-18(16-8-3-4-9-17(16)19)20(13(2)22)14-6-5-7-15(23)10-14/h3-11,23H,1-2H3. The Bertz CT molecular complexity index is 912. The van der Waals surface area contributed by atoms with Crippen LogP contribution in [0.1, 0.15) is 18.6 Å². The number of benzene rings is 2. The highest BCUT2D eigenvalue weighted by Gasteiger charge is 2.21. The first-order valence-corrected chi connectivity index (χ1v) is 7.20. The van der Waals surface area contributed by atoms with Crippen LogP contribution in [0.15, 0.2) is 54.7 Å². The Morgan fingerprint density at radius 3 is 2.43 bits per heavy atom. The second kappa shape index (κ2) is 5.61. The molecule has 0 aliphatic rings. The van der Waals surface area contributed by atoms with Crippen molar-refractivity contribution >= 4 is 34.1 Å². The SMILES string of the molecule is CC(=O)N(c1cccc(O)c1)c1cn(C(C)=O)c2ccccc12. The Morgan fingerprint density at radius 1 is 1.04 bits per heavy atom. The molecule has 1 N–H and O–H groups in total. The van der Waals surface area contributed by atoms with Gasteiger partial charge in [-0.15, -0.1) is 0 Å². The summed E-state index contributed by atoms with van der Waals surface area (Å²) in [5, 5.41) is 10.5. The molecule has 1 aromatic heterocycles. The number of carbonyl (C=O) groups is 2. The van der Waals surface area contributed by atoms with E-state index < -0.39 is 0 Å². The molecular formula is C18H16N2O3. The van der Waals surface area contributed by atoms with Crippen molar-refractivity contribution < 1.29 is 14.7 Å². The van der Waals surface area contributed by atoms with Gasteiger partial charge in [0.05, 0.1) is 16.9 Å². The van der Waals surface area contributed by atoms with E-state index in [1.807, 2.05) is 24.3 Å². The number of carbonyl (C=O) groups excluding carboxylic acids is 2. The van der Waals surface area contributed by atoms with Gasteiger partial charge in [-0.3, -0.25) is 19.1 Å². The van der Waals surface area contributed by atoms with Gasteiger partial charge in [0, 0.05) is 31.5 Å². The molecule has 0 saturated carbocycles. The lowest BCUT2D eigenvalue weighted by Gasteiger charge is -2.20. The minimum atomic E-state index is -0.206. The second-order valence-electron chi connectivity index (χ2n) is 5.29. The molecule has 23 heavy (non-hydrogen) atoms. The summed E-state index contributed by atoms with van der Waals surface area (Å²) >= 11 is 0. The van der Waals surface area contributed by atoms with Gasteiger partial charge in [-0.1, -0.05) is 24.3 Å². The normalized spacial score (nSPS) is 10.7. The number of amides is 1. The first-order valence-electron chi connectivity index (χ1n) is 7.20. The predicted molar refractivity (Wildman–Crippen MR) is 89.2 cm³/mol. The van der Waals surface area contributed by atoms with Crippen molar-refractivity contribution in [2.24, 2.45) is 0 Å². The molecule has 116 valence electrons. The minimum Gasteiger partial charge on any atom is -0.508 e. The molecule has 2 aromatic carbocycles. The summed E-state index contributed by atoms with van der Waals surface area (Å²) in [5.41, 5.74) is 1.89. The maximum absolute atomic E-state index is 12.2. The molecule has 0 unspecified atom stereocenters. The molecule has 1 heterocycles. The maximum atomic E-state index is 12.2. The number of rotatable bonds is 2. The Hall–Kier alpha value is -3.08. The van der Waals surface area contributed by atoms with Crippen LogP contribution in [-0.2, 0) is 4.79 Å². The second-order valence-corrected chi connectivity index (χ2v) is 5.29. The Balaban J connectivity index is 2.28. The first-order chi connectivity index (χ1) is 11.0. The summed E-state index contributed by atoms with van der Waals surface area (Å²) in [6.07, 6.45) is 1.65. The van der Waals surface area contributed by atoms with Crippen molar-refractivity contribution in [3.63, 3.8) is 0 Å². The van der Waals surface area contributed by atoms with Gasteiger partial charge in [-0.25, -0.2) is 0 Å². The monoisotopic (exact) mass is 308 g/mol. The van der Waals surface area contributed by atoms with Gasteiger partial charge < -0.3 is 5.11 Å². The van der Waals surface area contributed by atoms with Crippen molar-refractivity contribution in [1.82, 2.24) is 4.57 Å². The van der Waals surface area contributed by atoms with E-state index in [0.29, 0.717) is 11.4 Å². The van der Waals surface area contributed by atoms with Crippen LogP contribution >= 0.6 is 0 Å². The molecule has 0 aliphatic heterocycles. The molecular weight excluding hydrogens is 292 g/mol. The molecule has 5 nitrogen and oxygen atoms in total. The fourth-order valence-corrected chi connectivity index (χ4v) is 2.72. The fourth-order valence-electron chi connectivity index (χ4n) is 2.72. The third-order valence-electron chi connectivity index (χ3n) is 3.67. The summed E-state index contributed by atoms with van der Waals surface area (Å²) in [4.78, 5) is 25.6. The van der Waals surface area contributed by atoms with Crippen LogP contribution < -0.4 is 4.90 Å². The number of nitrogens with zero attached hydrogens (tertiary/aromatic N) is 2. The largest absolute Gasteiger partial charge is 0.508 e. The molecule has 0 bridgehead atoms. The van der Waals surface area contributed by atoms with Gasteiger partial charge in [0.2, 0.25) is 11.8 Å². The quantitative estimate of drug-likeness (QED) is 0.785. The fraction of sp³-hybridized carbons (Fsp3) is 0.111. The van der Waals surface area contributed by atoms with E-state index in [1.165, 1.54) is 29.4 Å². The van der Waals surface area contributed by atoms with E-state index in [-0.39, 0.29) is 17.6 Å². The lowest BCUT2D eigenvalue weighted by Crippen LogP contribution is -2.22. The molecule has 0 fully saturated rings. The van der Waals surface area contributed by atoms with Gasteiger partial charge in [0.15, 0.2) is 0 Å². The number of phenolic OH excluding ortho intramolecular Hbond substituents is 1. The molecule has 3 rings (SSSR count). The smallest absolute Gasteiger partial charge is 0.228 e. The molecule has 0 atom stereocenters. The summed E-state index contributed by atoms with van der Waals surface area (Å²) in [7, 11) is 0. The summed E-state index contributed by atoms with van der Waals surface area (Å²) in [6.45, 7) is 2.92. The van der Waals surface area contributed by atoms with Crippen molar-refractivity contribution in [1.29, 1.82) is 0 Å². The van der Waals surface area contributed by atoms with Crippen molar-refractivity contribution in [3.05, 3.63) is 54.7 Å². The number of anilines is 2. The number of hydrogen-bond donors (Lipinski definition) is 1. The average Bonchev–Trinajstić information content (AvgIpc) is 2.87. The van der Waals surface area contributed by atoms with E-state index >= 15 is 0 Å². The van der Waals surface area contributed by atoms with Crippen LogP contribution in [0.2, 0.25) is 0 Å². The van der Waals surface area contributed by atoms with Crippen molar-refractivity contribution in [2.45, 2.75) is 13.8 Å². The van der Waals surface area contributed by atoms with E-state index in [9.17, 15) is 14.7 Å². The zero-order valence-electron chi connectivity index (χ0n) is 12.9. The van der Waals surface area contributed by atoms with E-state index in [0.717, 1.165) is 10.9 Å². The third-order valence-corrected chi connectivity index (χ3v) is 3.67. The number of fused-ring (bicyclic) bond motifs is 1. The van der Waals surface area contributed by atoms with Gasteiger partial charge in [-0.05, 0) is 18.2 Å². The summed E-state index contributed by atoms with van der Waals surface area (Å²) in [6, 6.07) is 13.9. The van der Waals surface area contributed by atoms with Crippen LogP contribution in [0.25, 0.3) is 10.9 Å². The number of hydrogen-bond acceptors (Lipinski definition) is 3. The van der Waals surface area contributed by atoms with Gasteiger partial charge in [0.1, 0.15) is 5.75 Å². The highest BCUT2D eigenvalue weighted by molar-refractivity contribution is 6.09. The Labute approximate surface area is 133 Å². The number of phenols is 1. The van der Waals surface area contributed by atoms with Crippen LogP contribution in [0.4, 0.5) is 11.4 Å². The minimum absolute atomic E-state index is 0.0732. The number of aromatic nitrogens is 1. The van der Waals surface area contributed by atoms with Crippen LogP contribution in [0, 0.1) is 0 Å². The molecule has 0 spiro atoms. The van der Waals surface area contributed by atoms with E-state index in [1.54, 1.807) is 24.4 Å². The van der Waals surface area contributed by atoms with Gasteiger partial charge in [0.25, 0.3) is 0 Å². The highest BCUT2D eigenvalue weighted by atomic mass is 16.3. The van der Waals surface area contributed by atoms with Crippen molar-refractivity contribution in [2.75, 3.05) is 4.90 Å². The van der Waals surface area contributed by atoms with E-state index in [4.69, 9.17) is 0 Å². The van der Waals surface area contributed by atoms with Gasteiger partial charge >= 0.3 is 0 Å². The van der Waals surface area contributed by atoms with Crippen molar-refractivity contribution in [3.8, 4) is 5.75 Å². The van der Waals surface area contributed by atoms with Gasteiger partial charge in [-0.2, -0.15) is 0 Å². The topological polar surface area (TPSA) is 62.5 Å². The molecule has 0 aliphatic carbocycles. The molecule has 0 saturated heterocycles. The average molecular weight is 308 g/mol. The zero-order valence-corrected chi connectivity index (χ0v) is 12.9. The Morgan fingerprint density at radius 2 is 1.78 bits per heavy atom. The first kappa shape index (κ1) is 14.8. The van der Waals surface area contributed by atoms with Crippen LogP contribution in [-0.4, -0.2) is 21.5 Å². The molecule has 1 amide bonds. The maximum Gasteiger partial charge on any atom is 0.228 e. The lowest BCUT2D eigenvalue weighted by molar-refractivity contribution is -0.115. The molecule has 0 radical (unpaired) electrons. The van der Waals surface area contributed by atoms with E-state index in [2.05, 4.69) is 0 Å². The van der Waals surface area contributed by atoms with Crippen LogP contribution in [0.3, 0.4) is 0 Å². The zero-order chi connectivity index (χ0) is 16.6.